The van der Waals surface area contributed by atoms with Crippen molar-refractivity contribution >= 4 is 12.2 Å². The molecule has 1 aliphatic carbocycles. The van der Waals surface area contributed by atoms with Gasteiger partial charge in [-0.25, -0.2) is 0 Å². The van der Waals surface area contributed by atoms with E-state index in [-0.39, 0.29) is 11.7 Å². The van der Waals surface area contributed by atoms with E-state index in [1.54, 1.807) is 13.0 Å². The number of carbonyl (C=O) groups excluding carboxylic acids is 2. The Balaban J connectivity index is 2.67. The fourth-order valence-electron chi connectivity index (χ4n) is 1.45. The molecular formula is C10H15NO2. The normalized spacial score (nSPS) is 20.1. The van der Waals surface area contributed by atoms with Crippen LogP contribution in [0.2, 0.25) is 0 Å². The Morgan fingerprint density at radius 1 is 1.69 bits per heavy atom. The van der Waals surface area contributed by atoms with Gasteiger partial charge in [-0.1, -0.05) is 6.08 Å². The van der Waals surface area contributed by atoms with Gasteiger partial charge in [0.2, 0.25) is 6.41 Å². The van der Waals surface area contributed by atoms with Crippen molar-refractivity contribution in [3.8, 4) is 0 Å². The summed E-state index contributed by atoms with van der Waals surface area (Å²) in [4.78, 5) is 22.1. The Kier molecular flexibility index (Phi) is 2.86. The lowest BCUT2D eigenvalue weighted by atomic mass is 9.90. The van der Waals surface area contributed by atoms with Crippen molar-refractivity contribution < 1.29 is 9.59 Å². The Morgan fingerprint density at radius 2 is 2.31 bits per heavy atom. The average molecular weight is 181 g/mol. The molecule has 1 N–H and O–H groups in total. The molecule has 0 aromatic carbocycles. The van der Waals surface area contributed by atoms with E-state index in [1.165, 1.54) is 0 Å². The third-order valence-electron chi connectivity index (χ3n) is 2.42. The number of carbonyl (C=O) groups is 2. The average Bonchev–Trinajstić information content (AvgIpc) is 2.86. The summed E-state index contributed by atoms with van der Waals surface area (Å²) >= 11 is 0. The van der Waals surface area contributed by atoms with Crippen LogP contribution in [0.15, 0.2) is 12.7 Å². The molecular weight excluding hydrogens is 166 g/mol. The first-order valence-corrected chi connectivity index (χ1v) is 4.50. The zero-order valence-electron chi connectivity index (χ0n) is 7.88. The van der Waals surface area contributed by atoms with Crippen LogP contribution in [0.5, 0.6) is 0 Å². The molecule has 0 saturated heterocycles. The van der Waals surface area contributed by atoms with Crippen molar-refractivity contribution in [1.82, 2.24) is 5.32 Å². The van der Waals surface area contributed by atoms with E-state index in [9.17, 15) is 9.59 Å². The van der Waals surface area contributed by atoms with Gasteiger partial charge in [0, 0.05) is 5.92 Å². The molecule has 1 atom stereocenters. The number of rotatable bonds is 6. The van der Waals surface area contributed by atoms with Crippen LogP contribution in [0.4, 0.5) is 0 Å². The van der Waals surface area contributed by atoms with Gasteiger partial charge in [0.05, 0.1) is 5.54 Å². The fraction of sp³-hybridized carbons (Fsp3) is 0.600. The molecule has 13 heavy (non-hydrogen) atoms. The first-order chi connectivity index (χ1) is 6.14. The lowest BCUT2D eigenvalue weighted by Gasteiger charge is -2.25. The fourth-order valence-corrected chi connectivity index (χ4v) is 1.45. The number of Topliss-reactive ketones (excluding diaryl/α,β-unsaturated/α-hetero) is 1. The van der Waals surface area contributed by atoms with E-state index in [2.05, 4.69) is 11.9 Å². The second-order valence-electron chi connectivity index (χ2n) is 3.73. The maximum absolute atomic E-state index is 11.7. The zero-order chi connectivity index (χ0) is 9.90. The first-order valence-electron chi connectivity index (χ1n) is 4.50. The minimum atomic E-state index is -0.731. The molecule has 0 bridgehead atoms. The van der Waals surface area contributed by atoms with Gasteiger partial charge in [-0.3, -0.25) is 9.59 Å². The Hall–Kier alpha value is -1.12. The Bertz CT molecular complexity index is 221. The SMILES string of the molecule is C=CC[C@@](C)(NC=O)C(=O)C1CC1. The van der Waals surface area contributed by atoms with E-state index < -0.39 is 5.54 Å². The molecule has 0 radical (unpaired) electrons. The monoisotopic (exact) mass is 181 g/mol. The van der Waals surface area contributed by atoms with E-state index in [0.29, 0.717) is 12.8 Å². The van der Waals surface area contributed by atoms with Gasteiger partial charge in [-0.15, -0.1) is 6.58 Å². The predicted molar refractivity (Wildman–Crippen MR) is 50.1 cm³/mol. The molecule has 0 aliphatic heterocycles. The predicted octanol–water partition coefficient (Wildman–Crippen LogP) is 1.05. The lowest BCUT2D eigenvalue weighted by Crippen LogP contribution is -2.49. The quantitative estimate of drug-likeness (QED) is 0.491. The Morgan fingerprint density at radius 3 is 2.69 bits per heavy atom. The van der Waals surface area contributed by atoms with Gasteiger partial charge in [-0.2, -0.15) is 0 Å². The van der Waals surface area contributed by atoms with Gasteiger partial charge in [0.15, 0.2) is 5.78 Å². The maximum atomic E-state index is 11.7. The summed E-state index contributed by atoms with van der Waals surface area (Å²) in [5.74, 6) is 0.303. The molecule has 0 unspecified atom stereocenters. The highest BCUT2D eigenvalue weighted by Gasteiger charge is 2.41. The Labute approximate surface area is 78.2 Å². The third-order valence-corrected chi connectivity index (χ3v) is 2.42. The van der Waals surface area contributed by atoms with Crippen molar-refractivity contribution in [2.75, 3.05) is 0 Å². The van der Waals surface area contributed by atoms with Crippen LogP contribution in [-0.4, -0.2) is 17.7 Å². The van der Waals surface area contributed by atoms with Crippen molar-refractivity contribution in [3.05, 3.63) is 12.7 Å². The highest BCUT2D eigenvalue weighted by Crippen LogP contribution is 2.34. The van der Waals surface area contributed by atoms with Crippen LogP contribution in [-0.2, 0) is 9.59 Å². The van der Waals surface area contributed by atoms with Crippen LogP contribution < -0.4 is 5.32 Å². The van der Waals surface area contributed by atoms with Crippen molar-refractivity contribution in [1.29, 1.82) is 0 Å². The molecule has 1 rings (SSSR count). The molecule has 0 aromatic rings. The van der Waals surface area contributed by atoms with Crippen molar-refractivity contribution in [2.24, 2.45) is 5.92 Å². The van der Waals surface area contributed by atoms with Gasteiger partial charge in [-0.05, 0) is 26.2 Å². The molecule has 1 fully saturated rings. The van der Waals surface area contributed by atoms with E-state index in [4.69, 9.17) is 0 Å². The smallest absolute Gasteiger partial charge is 0.207 e. The van der Waals surface area contributed by atoms with Crippen LogP contribution in [0.3, 0.4) is 0 Å². The molecule has 3 heteroatoms. The molecule has 0 heterocycles. The standard InChI is InChI=1S/C10H15NO2/c1-3-6-10(2,11-7-12)9(13)8-4-5-8/h3,7-8H,1,4-6H2,2H3,(H,11,12)/t10-/m1/s1. The highest BCUT2D eigenvalue weighted by molar-refractivity contribution is 5.93. The molecule has 1 aliphatic rings. The third kappa shape index (κ3) is 2.17. The molecule has 1 amide bonds. The molecule has 1 saturated carbocycles. The summed E-state index contributed by atoms with van der Waals surface area (Å²) in [6, 6.07) is 0. The second-order valence-corrected chi connectivity index (χ2v) is 3.73. The summed E-state index contributed by atoms with van der Waals surface area (Å²) in [6.07, 6.45) is 4.68. The van der Waals surface area contributed by atoms with Crippen LogP contribution in [0.25, 0.3) is 0 Å². The second kappa shape index (κ2) is 3.73. The van der Waals surface area contributed by atoms with Gasteiger partial charge >= 0.3 is 0 Å². The van der Waals surface area contributed by atoms with E-state index in [0.717, 1.165) is 12.8 Å². The van der Waals surface area contributed by atoms with Gasteiger partial charge in [0.1, 0.15) is 0 Å². The summed E-state index contributed by atoms with van der Waals surface area (Å²) in [7, 11) is 0. The summed E-state index contributed by atoms with van der Waals surface area (Å²) in [5.41, 5.74) is -0.731. The number of hydrogen-bond donors (Lipinski definition) is 1. The number of nitrogens with one attached hydrogen (secondary N) is 1. The minimum absolute atomic E-state index is 0.138. The summed E-state index contributed by atoms with van der Waals surface area (Å²) in [5, 5.41) is 2.58. The van der Waals surface area contributed by atoms with Gasteiger partial charge in [0.25, 0.3) is 0 Å². The summed E-state index contributed by atoms with van der Waals surface area (Å²) in [6.45, 7) is 5.34. The van der Waals surface area contributed by atoms with E-state index in [1.807, 2.05) is 0 Å². The lowest BCUT2D eigenvalue weighted by molar-refractivity contribution is -0.128. The van der Waals surface area contributed by atoms with E-state index >= 15 is 0 Å². The highest BCUT2D eigenvalue weighted by atomic mass is 16.1. The van der Waals surface area contributed by atoms with Crippen molar-refractivity contribution in [3.63, 3.8) is 0 Å². The number of ketones is 1. The van der Waals surface area contributed by atoms with Crippen LogP contribution >= 0.6 is 0 Å². The maximum Gasteiger partial charge on any atom is 0.207 e. The topological polar surface area (TPSA) is 46.2 Å². The number of hydrogen-bond acceptors (Lipinski definition) is 2. The molecule has 3 nitrogen and oxygen atoms in total. The summed E-state index contributed by atoms with van der Waals surface area (Å²) < 4.78 is 0. The largest absolute Gasteiger partial charge is 0.346 e. The molecule has 0 aromatic heterocycles. The van der Waals surface area contributed by atoms with Crippen molar-refractivity contribution in [2.45, 2.75) is 31.7 Å². The number of amides is 1. The van der Waals surface area contributed by atoms with Crippen LogP contribution in [0.1, 0.15) is 26.2 Å². The molecule has 0 spiro atoms. The van der Waals surface area contributed by atoms with Gasteiger partial charge < -0.3 is 5.32 Å². The first kappa shape index (κ1) is 9.96. The zero-order valence-corrected chi connectivity index (χ0v) is 7.88. The molecule has 72 valence electrons. The minimum Gasteiger partial charge on any atom is -0.346 e. The van der Waals surface area contributed by atoms with Crippen LogP contribution in [0, 0.1) is 5.92 Å².